The van der Waals surface area contributed by atoms with Gasteiger partial charge >= 0.3 is 29.6 Å². The minimum absolute atomic E-state index is 0. The Bertz CT molecular complexity index is 436. The van der Waals surface area contributed by atoms with Crippen LogP contribution in [0.2, 0.25) is 0 Å². The summed E-state index contributed by atoms with van der Waals surface area (Å²) in [6.45, 7) is 0.626. The molecule has 0 saturated heterocycles. The van der Waals surface area contributed by atoms with Gasteiger partial charge in [-0.25, -0.2) is 0 Å². The third kappa shape index (κ3) is 4.45. The number of hydrogen-bond acceptors (Lipinski definition) is 1. The normalized spacial score (nSPS) is 9.31. The van der Waals surface area contributed by atoms with Crippen LogP contribution in [-0.2, 0) is 6.61 Å². The Kier molecular flexibility index (Phi) is 6.43. The van der Waals surface area contributed by atoms with Crippen LogP contribution < -0.4 is 34.3 Å². The van der Waals surface area contributed by atoms with Crippen molar-refractivity contribution in [3.05, 3.63) is 63.7 Å². The van der Waals surface area contributed by atoms with Gasteiger partial charge in [-0.05, 0) is 46.4 Å². The van der Waals surface area contributed by atoms with E-state index in [9.17, 15) is 0 Å². The molecule has 2 aromatic carbocycles. The summed E-state index contributed by atoms with van der Waals surface area (Å²) in [7, 11) is 0. The van der Waals surface area contributed by atoms with Gasteiger partial charge in [-0.3, -0.25) is 0 Å². The van der Waals surface area contributed by atoms with E-state index in [4.69, 9.17) is 4.74 Å². The Morgan fingerprint density at radius 2 is 1.75 bits per heavy atom. The molecule has 0 aliphatic carbocycles. The fourth-order valence-corrected chi connectivity index (χ4v) is 1.81. The van der Waals surface area contributed by atoms with Gasteiger partial charge in [-0.2, -0.15) is 0 Å². The van der Waals surface area contributed by atoms with Crippen molar-refractivity contribution < 1.29 is 35.7 Å². The maximum absolute atomic E-state index is 5.67. The molecule has 0 bridgehead atoms. The number of halogens is 1. The standard InChI is InChI=1S/C13H11IO.Na.H/c14-12-7-4-8-13(9-12)15-10-11-5-2-1-3-6-11;;/h1-9H,10H2;;/q;+1;-1. The van der Waals surface area contributed by atoms with Crippen LogP contribution in [0.3, 0.4) is 0 Å². The van der Waals surface area contributed by atoms with Gasteiger partial charge in [0.25, 0.3) is 0 Å². The van der Waals surface area contributed by atoms with Crippen LogP contribution >= 0.6 is 22.6 Å². The molecule has 0 heterocycles. The van der Waals surface area contributed by atoms with Crippen molar-refractivity contribution in [3.63, 3.8) is 0 Å². The summed E-state index contributed by atoms with van der Waals surface area (Å²) in [4.78, 5) is 0. The Labute approximate surface area is 133 Å². The second-order valence-corrected chi connectivity index (χ2v) is 4.48. The zero-order valence-corrected chi connectivity index (χ0v) is 13.3. The predicted molar refractivity (Wildman–Crippen MR) is 71.0 cm³/mol. The number of rotatable bonds is 3. The van der Waals surface area contributed by atoms with Crippen molar-refractivity contribution in [2.45, 2.75) is 6.61 Å². The van der Waals surface area contributed by atoms with Crippen LogP contribution in [0.5, 0.6) is 5.75 Å². The minimum atomic E-state index is 0. The molecule has 78 valence electrons. The van der Waals surface area contributed by atoms with Gasteiger partial charge in [0.15, 0.2) is 0 Å². The Morgan fingerprint density at radius 1 is 1.00 bits per heavy atom. The van der Waals surface area contributed by atoms with Crippen molar-refractivity contribution in [2.24, 2.45) is 0 Å². The van der Waals surface area contributed by atoms with E-state index in [1.165, 1.54) is 9.13 Å². The summed E-state index contributed by atoms with van der Waals surface area (Å²) in [6, 6.07) is 18.2. The first-order valence-corrected chi connectivity index (χ1v) is 5.85. The van der Waals surface area contributed by atoms with Crippen molar-refractivity contribution >= 4 is 22.6 Å². The summed E-state index contributed by atoms with van der Waals surface area (Å²) in [6.07, 6.45) is 0. The van der Waals surface area contributed by atoms with Crippen molar-refractivity contribution in [2.75, 3.05) is 0 Å². The van der Waals surface area contributed by atoms with Crippen LogP contribution in [0, 0.1) is 3.57 Å². The van der Waals surface area contributed by atoms with Gasteiger partial charge in [-0.1, -0.05) is 36.4 Å². The molecule has 0 amide bonds. The fraction of sp³-hybridized carbons (Fsp3) is 0.0769. The van der Waals surface area contributed by atoms with Crippen molar-refractivity contribution in [3.8, 4) is 5.75 Å². The molecule has 0 aliphatic rings. The molecule has 0 fully saturated rings. The maximum Gasteiger partial charge on any atom is 1.00 e. The van der Waals surface area contributed by atoms with E-state index in [0.29, 0.717) is 6.61 Å². The average Bonchev–Trinajstić information content (AvgIpc) is 2.28. The summed E-state index contributed by atoms with van der Waals surface area (Å²) >= 11 is 2.28. The second-order valence-electron chi connectivity index (χ2n) is 3.23. The first kappa shape index (κ1) is 14.0. The van der Waals surface area contributed by atoms with E-state index >= 15 is 0 Å². The number of hydrogen-bond donors (Lipinski definition) is 0. The van der Waals surface area contributed by atoms with E-state index < -0.39 is 0 Å². The molecule has 0 aliphatic heterocycles. The molecular formula is C13H12INaO. The van der Waals surface area contributed by atoms with Crippen molar-refractivity contribution in [1.82, 2.24) is 0 Å². The Morgan fingerprint density at radius 3 is 2.44 bits per heavy atom. The first-order valence-electron chi connectivity index (χ1n) is 4.77. The largest absolute Gasteiger partial charge is 1.00 e. The molecule has 0 atom stereocenters. The van der Waals surface area contributed by atoms with E-state index in [1.54, 1.807) is 0 Å². The van der Waals surface area contributed by atoms with Crippen LogP contribution in [0.1, 0.15) is 6.99 Å². The van der Waals surface area contributed by atoms with Gasteiger partial charge in [0, 0.05) is 3.57 Å². The monoisotopic (exact) mass is 334 g/mol. The van der Waals surface area contributed by atoms with Gasteiger partial charge in [0.05, 0.1) is 0 Å². The topological polar surface area (TPSA) is 9.23 Å². The minimum Gasteiger partial charge on any atom is -1.00 e. The SMILES string of the molecule is Ic1cccc(OCc2ccccc2)c1.[H-].[Na+]. The fourth-order valence-electron chi connectivity index (χ4n) is 1.30. The summed E-state index contributed by atoms with van der Waals surface area (Å²) < 4.78 is 6.86. The third-order valence-electron chi connectivity index (χ3n) is 2.04. The molecule has 0 unspecified atom stereocenters. The molecule has 1 nitrogen and oxygen atoms in total. The average molecular weight is 334 g/mol. The van der Waals surface area contributed by atoms with E-state index in [-0.39, 0.29) is 31.0 Å². The summed E-state index contributed by atoms with van der Waals surface area (Å²) in [5, 5.41) is 0. The molecule has 0 N–H and O–H groups in total. The molecule has 0 aromatic heterocycles. The molecular weight excluding hydrogens is 322 g/mol. The third-order valence-corrected chi connectivity index (χ3v) is 2.72. The number of ether oxygens (including phenoxy) is 1. The zero-order chi connectivity index (χ0) is 10.5. The van der Waals surface area contributed by atoms with Crippen LogP contribution in [0.15, 0.2) is 54.6 Å². The van der Waals surface area contributed by atoms with Crippen LogP contribution in [0.4, 0.5) is 0 Å². The molecule has 3 heteroatoms. The van der Waals surface area contributed by atoms with E-state index in [0.717, 1.165) is 5.75 Å². The smallest absolute Gasteiger partial charge is 1.00 e. The molecule has 16 heavy (non-hydrogen) atoms. The van der Waals surface area contributed by atoms with Crippen LogP contribution in [-0.4, -0.2) is 0 Å². The van der Waals surface area contributed by atoms with Gasteiger partial charge < -0.3 is 6.16 Å². The second kappa shape index (κ2) is 7.33. The van der Waals surface area contributed by atoms with Gasteiger partial charge in [0.2, 0.25) is 0 Å². The van der Waals surface area contributed by atoms with Crippen molar-refractivity contribution in [1.29, 1.82) is 0 Å². The molecule has 2 aromatic rings. The van der Waals surface area contributed by atoms with E-state index in [1.807, 2.05) is 36.4 Å². The Hall–Kier alpha value is -0.0300. The maximum atomic E-state index is 5.67. The molecule has 0 spiro atoms. The quantitative estimate of drug-likeness (QED) is 0.601. The zero-order valence-electron chi connectivity index (χ0n) is 10.2. The van der Waals surface area contributed by atoms with Gasteiger partial charge in [0.1, 0.15) is 12.4 Å². The predicted octanol–water partition coefficient (Wildman–Crippen LogP) is 0.987. The molecule has 2 rings (SSSR count). The van der Waals surface area contributed by atoms with E-state index in [2.05, 4.69) is 40.8 Å². The molecule has 0 saturated carbocycles. The summed E-state index contributed by atoms with van der Waals surface area (Å²) in [5.41, 5.74) is 1.19. The van der Waals surface area contributed by atoms with Gasteiger partial charge in [-0.15, -0.1) is 0 Å². The number of benzene rings is 2. The Balaban J connectivity index is 0.00000128. The van der Waals surface area contributed by atoms with Crippen LogP contribution in [0.25, 0.3) is 0 Å². The first-order chi connectivity index (χ1) is 7.34. The molecule has 0 radical (unpaired) electrons. The summed E-state index contributed by atoms with van der Waals surface area (Å²) in [5.74, 6) is 0.922.